The highest BCUT2D eigenvalue weighted by molar-refractivity contribution is 7.10. The summed E-state index contributed by atoms with van der Waals surface area (Å²) in [6, 6.07) is 6.61. The van der Waals surface area contributed by atoms with Gasteiger partial charge >= 0.3 is 0 Å². The third-order valence-corrected chi connectivity index (χ3v) is 3.52. The number of benzene rings is 1. The van der Waals surface area contributed by atoms with Gasteiger partial charge in [-0.25, -0.2) is 0 Å². The van der Waals surface area contributed by atoms with Crippen LogP contribution in [0.25, 0.3) is 0 Å². The van der Waals surface area contributed by atoms with Crippen LogP contribution in [0, 0.1) is 0 Å². The van der Waals surface area contributed by atoms with Gasteiger partial charge in [-0.1, -0.05) is 0 Å². The van der Waals surface area contributed by atoms with Crippen LogP contribution in [0.5, 0.6) is 5.75 Å². The Kier molecular flexibility index (Phi) is 5.14. The second-order valence-corrected chi connectivity index (χ2v) is 4.87. The first-order valence-electron chi connectivity index (χ1n) is 6.37. The van der Waals surface area contributed by atoms with Gasteiger partial charge in [0.2, 0.25) is 0 Å². The fraction of sp³-hybridized carbons (Fsp3) is 0.462. The number of carbonyl (C=O) groups excluding carboxylic acids is 1. The van der Waals surface area contributed by atoms with Crippen molar-refractivity contribution in [2.45, 2.75) is 25.0 Å². The monoisotopic (exact) mass is 282 g/mol. The number of aliphatic hydroxyl groups is 1. The average molecular weight is 282 g/mol. The molecule has 1 aliphatic heterocycles. The topological polar surface area (TPSA) is 70.6 Å². The van der Waals surface area contributed by atoms with Gasteiger partial charge in [0, 0.05) is 12.1 Å². The second kappa shape index (κ2) is 6.85. The average Bonchev–Trinajstić information content (AvgIpc) is 2.64. The Morgan fingerprint density at radius 2 is 2.16 bits per heavy atom. The van der Waals surface area contributed by atoms with Gasteiger partial charge in [0.05, 0.1) is 21.6 Å². The molecule has 1 heterocycles. The lowest BCUT2D eigenvalue weighted by atomic mass is 10.1. The standard InChI is InChI=1S/C13H19N2O3P/c16-12-2-1-7-14-8-11(12)15-13(17)9-3-5-10(18-19)6-4-9/h3-6,11-12,14,16H,1-2,7-8,19H2,(H,15,17). The first-order valence-corrected chi connectivity index (χ1v) is 6.84. The molecular formula is C13H19N2O3P. The van der Waals surface area contributed by atoms with E-state index in [1.54, 1.807) is 24.3 Å². The fourth-order valence-electron chi connectivity index (χ4n) is 2.11. The zero-order valence-electron chi connectivity index (χ0n) is 10.6. The van der Waals surface area contributed by atoms with Crippen LogP contribution in [0.1, 0.15) is 23.2 Å². The van der Waals surface area contributed by atoms with Gasteiger partial charge in [-0.15, -0.1) is 0 Å². The van der Waals surface area contributed by atoms with E-state index in [0.717, 1.165) is 13.0 Å². The van der Waals surface area contributed by atoms with Crippen LogP contribution in [0.4, 0.5) is 0 Å². The molecule has 104 valence electrons. The maximum Gasteiger partial charge on any atom is 0.251 e. The lowest BCUT2D eigenvalue weighted by Crippen LogP contribution is -2.47. The molecule has 1 aromatic carbocycles. The quantitative estimate of drug-likeness (QED) is 0.714. The second-order valence-electron chi connectivity index (χ2n) is 4.64. The van der Waals surface area contributed by atoms with Crippen molar-refractivity contribution in [3.63, 3.8) is 0 Å². The molecule has 3 atom stereocenters. The zero-order valence-corrected chi connectivity index (χ0v) is 11.8. The first kappa shape index (κ1) is 14.3. The SMILES string of the molecule is O=C(NC1CNCCCC1O)c1ccc(OP)cc1. The smallest absolute Gasteiger partial charge is 0.251 e. The molecule has 1 fully saturated rings. The summed E-state index contributed by atoms with van der Waals surface area (Å²) in [6.45, 7) is 1.48. The summed E-state index contributed by atoms with van der Waals surface area (Å²) in [4.78, 5) is 12.1. The van der Waals surface area contributed by atoms with E-state index < -0.39 is 6.10 Å². The number of hydrogen-bond acceptors (Lipinski definition) is 4. The molecule has 3 unspecified atom stereocenters. The normalized spacial score (nSPS) is 23.5. The molecule has 19 heavy (non-hydrogen) atoms. The van der Waals surface area contributed by atoms with Crippen LogP contribution in [0.2, 0.25) is 0 Å². The Balaban J connectivity index is 1.98. The van der Waals surface area contributed by atoms with Gasteiger partial charge in [-0.2, -0.15) is 0 Å². The lowest BCUT2D eigenvalue weighted by molar-refractivity contribution is 0.0833. The minimum Gasteiger partial charge on any atom is -0.480 e. The van der Waals surface area contributed by atoms with Crippen molar-refractivity contribution in [3.05, 3.63) is 29.8 Å². The summed E-state index contributed by atoms with van der Waals surface area (Å²) in [5.74, 6) is 0.501. The molecule has 0 aliphatic carbocycles. The van der Waals surface area contributed by atoms with E-state index in [1.807, 2.05) is 0 Å². The predicted molar refractivity (Wildman–Crippen MR) is 76.1 cm³/mol. The van der Waals surface area contributed by atoms with Gasteiger partial charge in [-0.05, 0) is 43.7 Å². The third-order valence-electron chi connectivity index (χ3n) is 3.25. The van der Waals surface area contributed by atoms with Crippen LogP contribution in [0.3, 0.4) is 0 Å². The number of rotatable bonds is 3. The molecule has 0 bridgehead atoms. The van der Waals surface area contributed by atoms with Crippen molar-refractivity contribution in [1.29, 1.82) is 0 Å². The van der Waals surface area contributed by atoms with Crippen LogP contribution < -0.4 is 15.2 Å². The van der Waals surface area contributed by atoms with E-state index in [4.69, 9.17) is 4.52 Å². The van der Waals surface area contributed by atoms with Crippen molar-refractivity contribution in [3.8, 4) is 5.75 Å². The Bertz CT molecular complexity index is 424. The predicted octanol–water partition coefficient (Wildman–Crippen LogP) is 0.698. The minimum atomic E-state index is -0.492. The number of hydrogen-bond donors (Lipinski definition) is 3. The maximum absolute atomic E-state index is 12.1. The number of carbonyl (C=O) groups is 1. The Morgan fingerprint density at radius 1 is 1.42 bits per heavy atom. The van der Waals surface area contributed by atoms with Gasteiger partial charge in [-0.3, -0.25) is 4.79 Å². The first-order chi connectivity index (χ1) is 9.20. The van der Waals surface area contributed by atoms with Gasteiger partial charge in [0.1, 0.15) is 5.75 Å². The molecule has 1 saturated heterocycles. The Hall–Kier alpha value is -1.16. The molecule has 3 N–H and O–H groups in total. The number of nitrogens with one attached hydrogen (secondary N) is 2. The van der Waals surface area contributed by atoms with E-state index in [2.05, 4.69) is 20.1 Å². The van der Waals surface area contributed by atoms with Crippen molar-refractivity contribution in [2.75, 3.05) is 13.1 Å². The molecule has 2 rings (SSSR count). The van der Waals surface area contributed by atoms with E-state index in [1.165, 1.54) is 0 Å². The summed E-state index contributed by atoms with van der Waals surface area (Å²) >= 11 is 0. The van der Waals surface area contributed by atoms with E-state index in [-0.39, 0.29) is 11.9 Å². The molecule has 1 aliphatic rings. The molecule has 0 saturated carbocycles. The molecular weight excluding hydrogens is 263 g/mol. The Labute approximate surface area is 115 Å². The highest BCUT2D eigenvalue weighted by atomic mass is 31.0. The molecule has 0 aromatic heterocycles. The maximum atomic E-state index is 12.1. The molecule has 1 amide bonds. The van der Waals surface area contributed by atoms with Gasteiger partial charge in [0.15, 0.2) is 0 Å². The highest BCUT2D eigenvalue weighted by Crippen LogP contribution is 2.14. The van der Waals surface area contributed by atoms with Crippen molar-refractivity contribution in [2.24, 2.45) is 0 Å². The van der Waals surface area contributed by atoms with E-state index in [0.29, 0.717) is 24.3 Å². The molecule has 5 nitrogen and oxygen atoms in total. The van der Waals surface area contributed by atoms with Crippen molar-refractivity contribution < 1.29 is 14.4 Å². The number of aliphatic hydroxyl groups excluding tert-OH is 1. The van der Waals surface area contributed by atoms with Crippen LogP contribution in [-0.4, -0.2) is 36.2 Å². The molecule has 1 aromatic rings. The largest absolute Gasteiger partial charge is 0.480 e. The summed E-state index contributed by atoms with van der Waals surface area (Å²) in [5.41, 5.74) is 0.558. The summed E-state index contributed by atoms with van der Waals surface area (Å²) < 4.78 is 4.97. The highest BCUT2D eigenvalue weighted by Gasteiger charge is 2.23. The molecule has 0 spiro atoms. The number of amides is 1. The van der Waals surface area contributed by atoms with Gasteiger partial charge < -0.3 is 20.3 Å². The fourth-order valence-corrected chi connectivity index (χ4v) is 2.27. The van der Waals surface area contributed by atoms with E-state index in [9.17, 15) is 9.90 Å². The van der Waals surface area contributed by atoms with Crippen molar-refractivity contribution >= 4 is 15.4 Å². The van der Waals surface area contributed by atoms with Crippen LogP contribution >= 0.6 is 9.47 Å². The third kappa shape index (κ3) is 3.90. The molecule has 6 heteroatoms. The minimum absolute atomic E-state index is 0.178. The summed E-state index contributed by atoms with van der Waals surface area (Å²) in [7, 11) is 2.16. The van der Waals surface area contributed by atoms with Crippen LogP contribution in [0.15, 0.2) is 24.3 Å². The zero-order chi connectivity index (χ0) is 13.7. The summed E-state index contributed by atoms with van der Waals surface area (Å²) in [6.07, 6.45) is 1.14. The summed E-state index contributed by atoms with van der Waals surface area (Å²) in [5, 5.41) is 16.0. The van der Waals surface area contributed by atoms with Crippen LogP contribution in [-0.2, 0) is 0 Å². The lowest BCUT2D eigenvalue weighted by Gasteiger charge is -2.21. The molecule has 0 radical (unpaired) electrons. The Morgan fingerprint density at radius 3 is 2.84 bits per heavy atom. The van der Waals surface area contributed by atoms with Crippen molar-refractivity contribution in [1.82, 2.24) is 10.6 Å². The van der Waals surface area contributed by atoms with Gasteiger partial charge in [0.25, 0.3) is 5.91 Å². The van der Waals surface area contributed by atoms with E-state index >= 15 is 0 Å².